The van der Waals surface area contributed by atoms with Gasteiger partial charge >= 0.3 is 0 Å². The molecule has 0 radical (unpaired) electrons. The van der Waals surface area contributed by atoms with Crippen LogP contribution in [0.3, 0.4) is 0 Å². The molecular weight excluding hydrogens is 332 g/mol. The zero-order valence-corrected chi connectivity index (χ0v) is 17.6. The van der Waals surface area contributed by atoms with Crippen molar-refractivity contribution < 1.29 is 10.1 Å². The van der Waals surface area contributed by atoms with E-state index in [1.54, 1.807) is 0 Å². The fourth-order valence-corrected chi connectivity index (χ4v) is 3.59. The normalized spacial score (nSPS) is 12.6. The van der Waals surface area contributed by atoms with Gasteiger partial charge in [-0.2, -0.15) is 0 Å². The summed E-state index contributed by atoms with van der Waals surface area (Å²) in [5, 5.41) is 5.37. The highest BCUT2D eigenvalue weighted by Gasteiger charge is 2.21. The quantitative estimate of drug-likeness (QED) is 0.689. The lowest BCUT2D eigenvalue weighted by Crippen LogP contribution is -2.88. The molecule has 0 heterocycles. The minimum absolute atomic E-state index is 0.0616. The second-order valence-corrected chi connectivity index (χ2v) is 8.29. The van der Waals surface area contributed by atoms with Crippen LogP contribution in [0.4, 0.5) is 5.69 Å². The van der Waals surface area contributed by atoms with Gasteiger partial charge in [0.1, 0.15) is 6.04 Å². The first kappa shape index (κ1) is 21.2. The first-order chi connectivity index (χ1) is 12.8. The SMILES string of the molecule is CC(C)c1cccc(C(C)C)c1NC(=O)C[NH2+][C@H](c1ccccc1)C(C)C. The van der Waals surface area contributed by atoms with Gasteiger partial charge in [0, 0.05) is 17.2 Å². The third-order valence-electron chi connectivity index (χ3n) is 5.10. The number of rotatable bonds is 8. The second-order valence-electron chi connectivity index (χ2n) is 8.29. The van der Waals surface area contributed by atoms with E-state index in [1.807, 2.05) is 6.07 Å². The third kappa shape index (κ3) is 5.67. The van der Waals surface area contributed by atoms with Crippen molar-refractivity contribution in [3.63, 3.8) is 0 Å². The summed E-state index contributed by atoms with van der Waals surface area (Å²) in [5.41, 5.74) is 4.68. The summed E-state index contributed by atoms with van der Waals surface area (Å²) in [7, 11) is 0. The molecule has 3 heteroatoms. The average Bonchev–Trinajstić information content (AvgIpc) is 2.62. The lowest BCUT2D eigenvalue weighted by Gasteiger charge is -2.22. The molecule has 27 heavy (non-hydrogen) atoms. The molecule has 0 saturated heterocycles. The van der Waals surface area contributed by atoms with Crippen LogP contribution in [-0.4, -0.2) is 12.5 Å². The van der Waals surface area contributed by atoms with Crippen molar-refractivity contribution in [2.75, 3.05) is 11.9 Å². The number of nitrogens with two attached hydrogens (primary N) is 1. The highest BCUT2D eigenvalue weighted by atomic mass is 16.1. The minimum Gasteiger partial charge on any atom is -0.332 e. The van der Waals surface area contributed by atoms with Crippen LogP contribution in [0.1, 0.15) is 76.1 Å². The Morgan fingerprint density at radius 3 is 1.89 bits per heavy atom. The number of amides is 1. The summed E-state index contributed by atoms with van der Waals surface area (Å²) in [6, 6.07) is 17.1. The number of hydrogen-bond donors (Lipinski definition) is 2. The van der Waals surface area contributed by atoms with Gasteiger partial charge in [-0.05, 0) is 23.0 Å². The summed E-state index contributed by atoms with van der Waals surface area (Å²) in [4.78, 5) is 12.8. The number of carbonyl (C=O) groups excluding carboxylic acids is 1. The number of quaternary nitrogens is 1. The molecule has 1 atom stereocenters. The molecule has 0 aliphatic carbocycles. The van der Waals surface area contributed by atoms with E-state index in [2.05, 4.69) is 94.6 Å². The van der Waals surface area contributed by atoms with E-state index in [1.165, 1.54) is 16.7 Å². The van der Waals surface area contributed by atoms with Crippen LogP contribution in [0.15, 0.2) is 48.5 Å². The molecule has 2 aromatic carbocycles. The highest BCUT2D eigenvalue weighted by molar-refractivity contribution is 5.93. The molecule has 0 saturated carbocycles. The number of anilines is 1. The second kappa shape index (κ2) is 9.70. The van der Waals surface area contributed by atoms with Crippen LogP contribution in [0.5, 0.6) is 0 Å². The largest absolute Gasteiger partial charge is 0.332 e. The Hall–Kier alpha value is -2.13. The Morgan fingerprint density at radius 1 is 0.852 bits per heavy atom. The molecule has 146 valence electrons. The molecule has 3 N–H and O–H groups in total. The molecule has 1 amide bonds. The molecule has 0 bridgehead atoms. The van der Waals surface area contributed by atoms with E-state index < -0.39 is 0 Å². The molecule has 0 aliphatic heterocycles. The average molecular weight is 368 g/mol. The van der Waals surface area contributed by atoms with Gasteiger partial charge in [-0.15, -0.1) is 0 Å². The summed E-state index contributed by atoms with van der Waals surface area (Å²) in [6.45, 7) is 13.5. The van der Waals surface area contributed by atoms with Crippen LogP contribution in [0, 0.1) is 5.92 Å². The van der Waals surface area contributed by atoms with Crippen molar-refractivity contribution in [2.45, 2.75) is 59.4 Å². The predicted octanol–water partition coefficient (Wildman–Crippen LogP) is 4.83. The van der Waals surface area contributed by atoms with Gasteiger partial charge in [0.05, 0.1) is 0 Å². The summed E-state index contributed by atoms with van der Waals surface area (Å²) in [6.07, 6.45) is 0. The molecule has 0 aromatic heterocycles. The van der Waals surface area contributed by atoms with Crippen molar-refractivity contribution >= 4 is 11.6 Å². The molecule has 2 aromatic rings. The van der Waals surface area contributed by atoms with Gasteiger partial charge in [-0.3, -0.25) is 4.79 Å². The van der Waals surface area contributed by atoms with Gasteiger partial charge < -0.3 is 10.6 Å². The fourth-order valence-electron chi connectivity index (χ4n) is 3.59. The first-order valence-corrected chi connectivity index (χ1v) is 10.1. The van der Waals surface area contributed by atoms with Crippen LogP contribution in [0.25, 0.3) is 0 Å². The van der Waals surface area contributed by atoms with Crippen molar-refractivity contribution in [1.29, 1.82) is 0 Å². The van der Waals surface area contributed by atoms with E-state index >= 15 is 0 Å². The fraction of sp³-hybridized carbons (Fsp3) is 0.458. The zero-order valence-electron chi connectivity index (χ0n) is 17.6. The van der Waals surface area contributed by atoms with E-state index in [9.17, 15) is 4.79 Å². The van der Waals surface area contributed by atoms with Crippen molar-refractivity contribution in [3.8, 4) is 0 Å². The van der Waals surface area contributed by atoms with Crippen molar-refractivity contribution in [2.24, 2.45) is 5.92 Å². The maximum Gasteiger partial charge on any atom is 0.279 e. The number of para-hydroxylation sites is 1. The van der Waals surface area contributed by atoms with Gasteiger partial charge in [0.25, 0.3) is 5.91 Å². The molecule has 0 unspecified atom stereocenters. The van der Waals surface area contributed by atoms with E-state index in [4.69, 9.17) is 0 Å². The van der Waals surface area contributed by atoms with Crippen LogP contribution in [0.2, 0.25) is 0 Å². The van der Waals surface area contributed by atoms with E-state index in [0.29, 0.717) is 24.3 Å². The van der Waals surface area contributed by atoms with Gasteiger partial charge in [-0.25, -0.2) is 0 Å². The number of benzene rings is 2. The zero-order chi connectivity index (χ0) is 20.0. The van der Waals surface area contributed by atoms with Crippen molar-refractivity contribution in [3.05, 3.63) is 65.2 Å². The maximum absolute atomic E-state index is 12.8. The number of hydrogen-bond acceptors (Lipinski definition) is 1. The van der Waals surface area contributed by atoms with Crippen LogP contribution in [-0.2, 0) is 4.79 Å². The first-order valence-electron chi connectivity index (χ1n) is 10.1. The summed E-state index contributed by atoms with van der Waals surface area (Å²) >= 11 is 0. The maximum atomic E-state index is 12.8. The van der Waals surface area contributed by atoms with E-state index in [0.717, 1.165) is 5.69 Å². The Morgan fingerprint density at radius 2 is 1.41 bits per heavy atom. The summed E-state index contributed by atoms with van der Waals surface area (Å²) < 4.78 is 0. The monoisotopic (exact) mass is 367 g/mol. The van der Waals surface area contributed by atoms with Gasteiger partial charge in [-0.1, -0.05) is 90.1 Å². The number of nitrogens with one attached hydrogen (secondary N) is 1. The molecule has 0 aliphatic rings. The lowest BCUT2D eigenvalue weighted by molar-refractivity contribution is -0.692. The van der Waals surface area contributed by atoms with Gasteiger partial charge in [0.2, 0.25) is 0 Å². The smallest absolute Gasteiger partial charge is 0.279 e. The summed E-state index contributed by atoms with van der Waals surface area (Å²) in [5.74, 6) is 1.26. The molecule has 2 rings (SSSR count). The van der Waals surface area contributed by atoms with Crippen LogP contribution < -0.4 is 10.6 Å². The molecule has 0 spiro atoms. The molecular formula is C24H35N2O+. The topological polar surface area (TPSA) is 45.7 Å². The predicted molar refractivity (Wildman–Crippen MR) is 114 cm³/mol. The molecule has 3 nitrogen and oxygen atoms in total. The third-order valence-corrected chi connectivity index (χ3v) is 5.10. The standard InChI is InChI=1S/C24H34N2O/c1-16(2)20-13-10-14-21(17(3)4)24(20)26-22(27)15-25-23(18(5)6)19-11-8-7-9-12-19/h7-14,16-18,23,25H,15H2,1-6H3,(H,26,27)/p+1/t23-/m0/s1. The Labute approximate surface area is 164 Å². The highest BCUT2D eigenvalue weighted by Crippen LogP contribution is 2.32. The van der Waals surface area contributed by atoms with E-state index in [-0.39, 0.29) is 11.9 Å². The Kier molecular flexibility index (Phi) is 7.61. The molecule has 0 fully saturated rings. The lowest BCUT2D eigenvalue weighted by atomic mass is 9.92. The Bertz CT molecular complexity index is 709. The minimum atomic E-state index is 0.0616. The number of carbonyl (C=O) groups is 1. The Balaban J connectivity index is 2.14. The van der Waals surface area contributed by atoms with Crippen molar-refractivity contribution in [1.82, 2.24) is 0 Å². The van der Waals surface area contributed by atoms with Gasteiger partial charge in [0.15, 0.2) is 6.54 Å². The van der Waals surface area contributed by atoms with Crippen LogP contribution >= 0.6 is 0 Å².